The number of thiazole rings is 1. The molecule has 152 valence electrons. The van der Waals surface area contributed by atoms with Gasteiger partial charge in [-0.15, -0.1) is 0 Å². The molecule has 3 aromatic rings. The van der Waals surface area contributed by atoms with Crippen molar-refractivity contribution in [2.24, 2.45) is 5.92 Å². The first-order chi connectivity index (χ1) is 13.8. The van der Waals surface area contributed by atoms with Crippen molar-refractivity contribution < 1.29 is 14.3 Å². The van der Waals surface area contributed by atoms with Crippen molar-refractivity contribution in [2.45, 2.75) is 52.6 Å². The number of benzene rings is 1. The predicted octanol–water partition coefficient (Wildman–Crippen LogP) is 3.64. The maximum absolute atomic E-state index is 12.7. The maximum atomic E-state index is 12.7. The molecule has 1 saturated heterocycles. The van der Waals surface area contributed by atoms with Crippen molar-refractivity contribution in [1.82, 2.24) is 14.5 Å². The van der Waals surface area contributed by atoms with E-state index in [9.17, 15) is 9.59 Å². The molecule has 0 spiro atoms. The number of ether oxygens (including phenoxy) is 2. The molecular formula is C21H23N3O4S. The van der Waals surface area contributed by atoms with Crippen molar-refractivity contribution in [3.8, 4) is 0 Å². The summed E-state index contributed by atoms with van der Waals surface area (Å²) in [6.45, 7) is 7.55. The molecule has 1 fully saturated rings. The number of aryl methyl sites for hydroxylation is 2. The fourth-order valence-corrected chi connectivity index (χ4v) is 4.66. The van der Waals surface area contributed by atoms with Crippen LogP contribution in [0.4, 0.5) is 0 Å². The molecule has 1 aromatic carbocycles. The van der Waals surface area contributed by atoms with Gasteiger partial charge in [-0.05, 0) is 39.3 Å². The quantitative estimate of drug-likeness (QED) is 0.607. The van der Waals surface area contributed by atoms with E-state index in [0.29, 0.717) is 23.5 Å². The highest BCUT2D eigenvalue weighted by Crippen LogP contribution is 2.37. The topological polar surface area (TPSA) is 83.3 Å². The number of aromatic nitrogens is 3. The molecule has 4 atom stereocenters. The summed E-state index contributed by atoms with van der Waals surface area (Å²) in [5.74, 6) is 0.313. The lowest BCUT2D eigenvalue weighted by molar-refractivity contribution is -0.0668. The lowest BCUT2D eigenvalue weighted by Gasteiger charge is -2.21. The van der Waals surface area contributed by atoms with Crippen LogP contribution in [0.25, 0.3) is 10.3 Å². The van der Waals surface area contributed by atoms with Gasteiger partial charge < -0.3 is 9.47 Å². The third kappa shape index (κ3) is 3.70. The normalized spacial score (nSPS) is 22.7. The highest BCUT2D eigenvalue weighted by Gasteiger charge is 2.39. The van der Waals surface area contributed by atoms with Crippen molar-refractivity contribution in [1.29, 1.82) is 0 Å². The molecule has 0 aliphatic carbocycles. The Balaban J connectivity index is 1.56. The molecule has 0 amide bonds. The van der Waals surface area contributed by atoms with E-state index in [1.807, 2.05) is 33.8 Å². The van der Waals surface area contributed by atoms with Gasteiger partial charge >= 0.3 is 10.8 Å². The Bertz CT molecular complexity index is 1110. The van der Waals surface area contributed by atoms with Crippen LogP contribution in [0.5, 0.6) is 0 Å². The number of rotatable bonds is 4. The van der Waals surface area contributed by atoms with Crippen LogP contribution in [0, 0.1) is 19.8 Å². The Morgan fingerprint density at radius 1 is 1.28 bits per heavy atom. The van der Waals surface area contributed by atoms with E-state index in [2.05, 4.69) is 9.97 Å². The van der Waals surface area contributed by atoms with E-state index in [1.165, 1.54) is 0 Å². The van der Waals surface area contributed by atoms with E-state index >= 15 is 0 Å². The second-order valence-corrected chi connectivity index (χ2v) is 8.46. The van der Waals surface area contributed by atoms with E-state index in [0.717, 1.165) is 21.7 Å². The number of nitrogens with zero attached hydrogens (tertiary/aromatic N) is 3. The largest absolute Gasteiger partial charge is 0.456 e. The maximum Gasteiger partial charge on any atom is 0.338 e. The van der Waals surface area contributed by atoms with Gasteiger partial charge in [-0.2, -0.15) is 0 Å². The summed E-state index contributed by atoms with van der Waals surface area (Å²) in [5.41, 5.74) is 1.90. The number of hydrogen-bond acceptors (Lipinski definition) is 7. The smallest absolute Gasteiger partial charge is 0.338 e. The van der Waals surface area contributed by atoms with Crippen LogP contribution in [0.2, 0.25) is 0 Å². The third-order valence-corrected chi connectivity index (χ3v) is 6.28. The van der Waals surface area contributed by atoms with Crippen LogP contribution in [-0.2, 0) is 9.47 Å². The fourth-order valence-electron chi connectivity index (χ4n) is 3.77. The first-order valence-electron chi connectivity index (χ1n) is 9.63. The molecule has 7 nitrogen and oxygen atoms in total. The minimum atomic E-state index is -0.451. The zero-order valence-corrected chi connectivity index (χ0v) is 17.6. The van der Waals surface area contributed by atoms with Gasteiger partial charge in [0.2, 0.25) is 0 Å². The number of esters is 1. The molecule has 0 N–H and O–H groups in total. The van der Waals surface area contributed by atoms with Crippen LogP contribution < -0.4 is 4.87 Å². The summed E-state index contributed by atoms with van der Waals surface area (Å²) in [6.07, 6.45) is -0.504. The first-order valence-corrected chi connectivity index (χ1v) is 10.4. The summed E-state index contributed by atoms with van der Waals surface area (Å²) in [4.78, 5) is 33.8. The van der Waals surface area contributed by atoms with Gasteiger partial charge in [0.15, 0.2) is 5.65 Å². The van der Waals surface area contributed by atoms with Crippen LogP contribution in [-0.4, -0.2) is 32.7 Å². The van der Waals surface area contributed by atoms with E-state index in [1.54, 1.807) is 28.8 Å². The third-order valence-electron chi connectivity index (χ3n) is 5.23. The molecular weight excluding hydrogens is 390 g/mol. The molecule has 1 aliphatic heterocycles. The molecule has 0 saturated carbocycles. The van der Waals surface area contributed by atoms with Crippen LogP contribution in [0.15, 0.2) is 35.1 Å². The SMILES string of the molecule is Cc1nc(C)c2sc(=O)n([C@@H]3O[C@H](C(C)OC(=O)c4ccccc4)C[C@H]3C)c2n1. The average Bonchev–Trinajstić information content (AvgIpc) is 3.22. The molecule has 3 heterocycles. The summed E-state index contributed by atoms with van der Waals surface area (Å²) in [5, 5.41) is 0. The molecule has 4 rings (SSSR count). The van der Waals surface area contributed by atoms with Crippen molar-refractivity contribution in [2.75, 3.05) is 0 Å². The lowest BCUT2D eigenvalue weighted by atomic mass is 10.0. The van der Waals surface area contributed by atoms with Crippen LogP contribution in [0.1, 0.15) is 48.4 Å². The molecule has 0 bridgehead atoms. The van der Waals surface area contributed by atoms with Crippen LogP contribution in [0.3, 0.4) is 0 Å². The Morgan fingerprint density at radius 3 is 2.72 bits per heavy atom. The second-order valence-electron chi connectivity index (χ2n) is 7.50. The zero-order chi connectivity index (χ0) is 20.7. The highest BCUT2D eigenvalue weighted by atomic mass is 32.1. The van der Waals surface area contributed by atoms with Gasteiger partial charge in [0, 0.05) is 5.92 Å². The molecule has 1 unspecified atom stereocenters. The summed E-state index contributed by atoms with van der Waals surface area (Å²) >= 11 is 1.14. The first kappa shape index (κ1) is 19.7. The van der Waals surface area contributed by atoms with E-state index in [4.69, 9.17) is 9.47 Å². The summed E-state index contributed by atoms with van der Waals surface area (Å²) in [6, 6.07) is 8.88. The molecule has 29 heavy (non-hydrogen) atoms. The van der Waals surface area contributed by atoms with Crippen molar-refractivity contribution >= 4 is 27.7 Å². The lowest BCUT2D eigenvalue weighted by Crippen LogP contribution is -2.29. The van der Waals surface area contributed by atoms with E-state index < -0.39 is 12.3 Å². The van der Waals surface area contributed by atoms with Gasteiger partial charge in [-0.1, -0.05) is 36.5 Å². The number of carbonyl (C=O) groups excluding carboxylic acids is 1. The summed E-state index contributed by atoms with van der Waals surface area (Å²) in [7, 11) is 0. The van der Waals surface area contributed by atoms with Gasteiger partial charge in [-0.25, -0.2) is 14.8 Å². The van der Waals surface area contributed by atoms with Gasteiger partial charge in [0.1, 0.15) is 18.2 Å². The van der Waals surface area contributed by atoms with Crippen molar-refractivity contribution in [3.05, 3.63) is 57.1 Å². The standard InChI is InChI=1S/C21H23N3O4S/c1-11-10-16(13(3)27-20(25)15-8-6-5-7-9-15)28-19(11)24-18-17(29-21(24)26)12(2)22-14(4)23-18/h5-9,11,13,16,19H,10H2,1-4H3/t11-,13?,16+,19-/m1/s1. The molecule has 1 aliphatic rings. The monoisotopic (exact) mass is 413 g/mol. The minimum Gasteiger partial charge on any atom is -0.456 e. The summed E-state index contributed by atoms with van der Waals surface area (Å²) < 4.78 is 14.2. The Labute approximate surface area is 172 Å². The minimum absolute atomic E-state index is 0.0731. The predicted molar refractivity (Wildman–Crippen MR) is 110 cm³/mol. The highest BCUT2D eigenvalue weighted by molar-refractivity contribution is 7.16. The van der Waals surface area contributed by atoms with Crippen molar-refractivity contribution in [3.63, 3.8) is 0 Å². The fraction of sp³-hybridized carbons (Fsp3) is 0.429. The second kappa shape index (κ2) is 7.68. The van der Waals surface area contributed by atoms with Gasteiger partial charge in [0.05, 0.1) is 22.1 Å². The average molecular weight is 413 g/mol. The number of hydrogen-bond donors (Lipinski definition) is 0. The Kier molecular flexibility index (Phi) is 5.23. The Hall–Kier alpha value is -2.58. The Morgan fingerprint density at radius 2 is 2.00 bits per heavy atom. The number of fused-ring (bicyclic) bond motifs is 1. The molecule has 0 radical (unpaired) electrons. The van der Waals surface area contributed by atoms with Crippen LogP contribution >= 0.6 is 11.3 Å². The van der Waals surface area contributed by atoms with E-state index in [-0.39, 0.29) is 22.9 Å². The molecule has 8 heteroatoms. The zero-order valence-electron chi connectivity index (χ0n) is 16.8. The van der Waals surface area contributed by atoms with Gasteiger partial charge in [-0.3, -0.25) is 9.36 Å². The number of carbonyl (C=O) groups is 1. The molecule has 2 aromatic heterocycles. The van der Waals surface area contributed by atoms with Gasteiger partial charge in [0.25, 0.3) is 0 Å².